The van der Waals surface area contributed by atoms with E-state index in [1.165, 1.54) is 4.90 Å². The van der Waals surface area contributed by atoms with Crippen LogP contribution >= 0.6 is 0 Å². The lowest BCUT2D eigenvalue weighted by Crippen LogP contribution is -2.88. The highest BCUT2D eigenvalue weighted by atomic mass is 16.4. The molecule has 4 aromatic carbocycles. The van der Waals surface area contributed by atoms with Crippen LogP contribution in [0.5, 0.6) is 0 Å². The van der Waals surface area contributed by atoms with Crippen molar-refractivity contribution in [2.24, 2.45) is 5.10 Å². The normalized spacial score (nSPS) is 26.4. The summed E-state index contributed by atoms with van der Waals surface area (Å²) < 4.78 is 0.141. The molecule has 4 aromatic rings. The summed E-state index contributed by atoms with van der Waals surface area (Å²) in [6, 6.07) is 38.0. The number of benzene rings is 4. The molecule has 7 rings (SSSR count). The van der Waals surface area contributed by atoms with E-state index in [0.717, 1.165) is 22.4 Å². The molecule has 1 amide bonds. The summed E-state index contributed by atoms with van der Waals surface area (Å²) in [5.74, 6) is -1.25. The molecule has 8 nitrogen and oxygen atoms in total. The van der Waals surface area contributed by atoms with E-state index in [1.54, 1.807) is 6.21 Å². The summed E-state index contributed by atoms with van der Waals surface area (Å²) in [4.78, 5) is 28.3. The molecule has 3 heterocycles. The lowest BCUT2D eigenvalue weighted by Gasteiger charge is -2.60. The van der Waals surface area contributed by atoms with Crippen molar-refractivity contribution in [3.05, 3.63) is 138 Å². The second-order valence-corrected chi connectivity index (χ2v) is 10.8. The number of carbonyl (C=O) groups is 2. The van der Waals surface area contributed by atoms with Crippen LogP contribution in [0.2, 0.25) is 0 Å². The molecule has 0 aromatic heterocycles. The molecule has 0 saturated carbocycles. The molecule has 0 bridgehead atoms. The molecule has 41 heavy (non-hydrogen) atoms. The predicted molar refractivity (Wildman–Crippen MR) is 156 cm³/mol. The number of carboxylic acid groups (broad SMARTS) is 1. The summed E-state index contributed by atoms with van der Waals surface area (Å²) in [6.45, 7) is 0. The van der Waals surface area contributed by atoms with Gasteiger partial charge >= 0.3 is 5.97 Å². The second-order valence-electron chi connectivity index (χ2n) is 10.8. The zero-order valence-electron chi connectivity index (χ0n) is 22.2. The van der Waals surface area contributed by atoms with Gasteiger partial charge in [-0.1, -0.05) is 109 Å². The quantitative estimate of drug-likeness (QED) is 0.243. The fraction of sp³-hybridized carbons (Fsp3) is 0.182. The number of aliphatic carboxylic acids is 1. The van der Waals surface area contributed by atoms with Gasteiger partial charge in [-0.2, -0.15) is 0 Å². The Morgan fingerprint density at radius 2 is 1.32 bits per heavy atom. The van der Waals surface area contributed by atoms with Crippen molar-refractivity contribution in [2.75, 3.05) is 0 Å². The first-order valence-electron chi connectivity index (χ1n) is 13.8. The van der Waals surface area contributed by atoms with E-state index in [0.29, 0.717) is 6.42 Å². The lowest BCUT2D eigenvalue weighted by molar-refractivity contribution is -0.189. The van der Waals surface area contributed by atoms with Gasteiger partial charge in [0.25, 0.3) is 5.91 Å². The van der Waals surface area contributed by atoms with Crippen molar-refractivity contribution >= 4 is 23.8 Å². The van der Waals surface area contributed by atoms with E-state index >= 15 is 0 Å². The van der Waals surface area contributed by atoms with Crippen LogP contribution in [0.15, 0.2) is 126 Å². The van der Waals surface area contributed by atoms with E-state index < -0.39 is 35.8 Å². The number of fused-ring (bicyclic) bond motifs is 3. The molecule has 0 spiro atoms. The number of nitrogens with zero attached hydrogens (tertiary/aromatic N) is 3. The minimum Gasteiger partial charge on any atom is -0.480 e. The van der Waals surface area contributed by atoms with Crippen LogP contribution in [-0.4, -0.2) is 52.4 Å². The van der Waals surface area contributed by atoms with E-state index in [2.05, 4.69) is 52.4 Å². The van der Waals surface area contributed by atoms with Gasteiger partial charge in [0.05, 0.1) is 18.2 Å². The van der Waals surface area contributed by atoms with Crippen LogP contribution in [0.25, 0.3) is 0 Å². The van der Waals surface area contributed by atoms with Crippen molar-refractivity contribution in [3.63, 3.8) is 0 Å². The van der Waals surface area contributed by atoms with E-state index in [4.69, 9.17) is 0 Å². The van der Waals surface area contributed by atoms with Crippen molar-refractivity contribution in [3.8, 4) is 0 Å². The average molecular weight is 545 g/mol. The number of carboxylic acids is 1. The molecule has 204 valence electrons. The van der Waals surface area contributed by atoms with Gasteiger partial charge < -0.3 is 5.11 Å². The summed E-state index contributed by atoms with van der Waals surface area (Å²) in [7, 11) is 0. The fourth-order valence-electron chi connectivity index (χ4n) is 6.92. The van der Waals surface area contributed by atoms with Crippen molar-refractivity contribution in [1.82, 2.24) is 20.3 Å². The highest BCUT2D eigenvalue weighted by Gasteiger charge is 2.70. The molecule has 3 N–H and O–H groups in total. The third-order valence-electron chi connectivity index (χ3n) is 8.80. The smallest absolute Gasteiger partial charge is 0.326 e. The van der Waals surface area contributed by atoms with Crippen LogP contribution in [-0.2, 0) is 15.1 Å². The maximum atomic E-state index is 14.5. The van der Waals surface area contributed by atoms with Crippen LogP contribution < -0.4 is 15.4 Å². The summed E-state index contributed by atoms with van der Waals surface area (Å²) in [5, 5.41) is 18.4. The zero-order valence-corrected chi connectivity index (χ0v) is 22.2. The molecule has 3 aliphatic heterocycles. The summed E-state index contributed by atoms with van der Waals surface area (Å²) in [5.41, 5.74) is 6.20. The van der Waals surface area contributed by atoms with Gasteiger partial charge in [-0.25, -0.2) is 4.79 Å². The Morgan fingerprint density at radius 3 is 1.80 bits per heavy atom. The summed E-state index contributed by atoms with van der Waals surface area (Å²) in [6.07, 6.45) is 1.73. The first kappa shape index (κ1) is 25.2. The maximum Gasteiger partial charge on any atom is 0.326 e. The number of rotatable bonds is 7. The number of quaternary nitrogens is 1. The Hall–Kier alpha value is -4.79. The van der Waals surface area contributed by atoms with E-state index in [9.17, 15) is 14.7 Å². The van der Waals surface area contributed by atoms with Crippen LogP contribution in [0, 0.1) is 0 Å². The van der Waals surface area contributed by atoms with Crippen LogP contribution in [0.4, 0.5) is 5.69 Å². The molecular weight excluding hydrogens is 514 g/mol. The predicted octanol–water partition coefficient (Wildman–Crippen LogP) is 3.84. The molecule has 2 saturated heterocycles. The second kappa shape index (κ2) is 9.69. The highest BCUT2D eigenvalue weighted by molar-refractivity contribution is 5.96. The van der Waals surface area contributed by atoms with Gasteiger partial charge in [0.15, 0.2) is 17.9 Å². The Balaban J connectivity index is 1.45. The number of hydrazone groups is 1. The standard InChI is InChI=1S/C33H29N5O3/c39-31-30(28-22-34-36-38(28,26-19-11-4-12-20-26)29-21-27(32(40)41)37(29)31)35-33(23-13-5-1-6-14-23,24-15-7-2-8-16-24)25-17-9-3-10-18-25/h1-20,22,27-30,35-36H,21H2/p+1. The van der Waals surface area contributed by atoms with Gasteiger partial charge in [-0.15, -0.1) is 15.2 Å². The molecule has 3 aliphatic rings. The summed E-state index contributed by atoms with van der Waals surface area (Å²) >= 11 is 0. The van der Waals surface area contributed by atoms with E-state index in [-0.39, 0.29) is 10.5 Å². The first-order valence-corrected chi connectivity index (χ1v) is 13.8. The van der Waals surface area contributed by atoms with Crippen molar-refractivity contribution < 1.29 is 14.7 Å². The zero-order chi connectivity index (χ0) is 28.0. The third-order valence-corrected chi connectivity index (χ3v) is 8.80. The number of amides is 1. The Kier molecular flexibility index (Phi) is 5.96. The maximum absolute atomic E-state index is 14.5. The molecule has 5 atom stereocenters. The van der Waals surface area contributed by atoms with Crippen molar-refractivity contribution in [2.45, 2.75) is 36.3 Å². The van der Waals surface area contributed by atoms with Gasteiger partial charge in [-0.05, 0) is 16.7 Å². The van der Waals surface area contributed by atoms with Gasteiger partial charge in [0.2, 0.25) is 0 Å². The van der Waals surface area contributed by atoms with E-state index in [1.807, 2.05) is 84.9 Å². The largest absolute Gasteiger partial charge is 0.480 e. The highest BCUT2D eigenvalue weighted by Crippen LogP contribution is 2.46. The van der Waals surface area contributed by atoms with Crippen LogP contribution in [0.1, 0.15) is 23.1 Å². The van der Waals surface area contributed by atoms with Gasteiger partial charge in [0.1, 0.15) is 12.1 Å². The van der Waals surface area contributed by atoms with Crippen LogP contribution in [0.3, 0.4) is 0 Å². The number of para-hydroxylation sites is 1. The number of nitrogens with one attached hydrogen (secondary N) is 2. The fourth-order valence-corrected chi connectivity index (χ4v) is 6.92. The van der Waals surface area contributed by atoms with Gasteiger partial charge in [0, 0.05) is 12.1 Å². The average Bonchev–Trinajstić information content (AvgIpc) is 3.44. The first-order chi connectivity index (χ1) is 20.1. The number of hydrogen-bond donors (Lipinski definition) is 3. The SMILES string of the molecule is O=C(O)C1CC2N1C(=O)C(NC(c1ccccc1)(c1ccccc1)c1ccccc1)C1C=NN[N+]12c1ccccc1. The van der Waals surface area contributed by atoms with Gasteiger partial charge in [-0.3, -0.25) is 15.0 Å². The molecule has 0 radical (unpaired) electrons. The topological polar surface area (TPSA) is 94.0 Å². The Labute approximate surface area is 238 Å². The van der Waals surface area contributed by atoms with Crippen molar-refractivity contribution in [1.29, 1.82) is 0 Å². The number of carbonyl (C=O) groups excluding carboxylic acids is 1. The lowest BCUT2D eigenvalue weighted by atomic mass is 9.75. The number of hydrogen-bond acceptors (Lipinski definition) is 5. The monoisotopic (exact) mass is 544 g/mol. The minimum absolute atomic E-state index is 0.141. The third kappa shape index (κ3) is 3.65. The molecule has 8 heteroatoms. The Morgan fingerprint density at radius 1 is 0.829 bits per heavy atom. The molecular formula is C33H30N5O3+. The molecule has 0 aliphatic carbocycles. The minimum atomic E-state index is -1.00. The molecule has 2 fully saturated rings. The Bertz CT molecular complexity index is 1500. The molecule has 5 unspecified atom stereocenters.